The van der Waals surface area contributed by atoms with E-state index in [2.05, 4.69) is 10.4 Å². The summed E-state index contributed by atoms with van der Waals surface area (Å²) in [5, 5.41) is 7.80. The number of hydrogen-bond donors (Lipinski definition) is 1. The van der Waals surface area contributed by atoms with Gasteiger partial charge in [0, 0.05) is 28.7 Å². The van der Waals surface area contributed by atoms with Crippen LogP contribution in [0.3, 0.4) is 0 Å². The quantitative estimate of drug-likeness (QED) is 0.575. The van der Waals surface area contributed by atoms with E-state index in [1.807, 2.05) is 31.2 Å². The number of halogens is 1. The standard InChI is InChI=1S/C21H17ClN4O2/c1-14-2-4-15(5-3-14)18-12-19-21(28)25(10-11-26(19)24-18)13-20(27)23-17-8-6-16(22)7-9-17/h2-12H,13H2,1H3,(H,23,27). The lowest BCUT2D eigenvalue weighted by Crippen LogP contribution is -2.28. The van der Waals surface area contributed by atoms with Crippen LogP contribution in [0.5, 0.6) is 0 Å². The molecule has 28 heavy (non-hydrogen) atoms. The van der Waals surface area contributed by atoms with Crippen molar-refractivity contribution >= 4 is 28.7 Å². The molecule has 0 aliphatic carbocycles. The Morgan fingerprint density at radius 1 is 1.07 bits per heavy atom. The number of carbonyl (C=O) groups is 1. The molecule has 2 aromatic heterocycles. The molecule has 0 radical (unpaired) electrons. The van der Waals surface area contributed by atoms with Gasteiger partial charge in [-0.25, -0.2) is 4.52 Å². The molecule has 7 heteroatoms. The zero-order valence-corrected chi connectivity index (χ0v) is 15.8. The van der Waals surface area contributed by atoms with Crippen molar-refractivity contribution in [3.8, 4) is 11.3 Å². The summed E-state index contributed by atoms with van der Waals surface area (Å²) >= 11 is 5.84. The Morgan fingerprint density at radius 3 is 2.50 bits per heavy atom. The summed E-state index contributed by atoms with van der Waals surface area (Å²) in [4.78, 5) is 25.1. The Morgan fingerprint density at radius 2 is 1.79 bits per heavy atom. The molecule has 4 rings (SSSR count). The number of amides is 1. The average molecular weight is 393 g/mol. The van der Waals surface area contributed by atoms with E-state index in [0.717, 1.165) is 11.1 Å². The fourth-order valence-corrected chi connectivity index (χ4v) is 3.03. The van der Waals surface area contributed by atoms with Crippen LogP contribution < -0.4 is 10.9 Å². The van der Waals surface area contributed by atoms with Crippen LogP contribution in [-0.4, -0.2) is 20.1 Å². The van der Waals surface area contributed by atoms with E-state index in [9.17, 15) is 9.59 Å². The predicted molar refractivity (Wildman–Crippen MR) is 110 cm³/mol. The first-order chi connectivity index (χ1) is 13.5. The Balaban J connectivity index is 1.59. The fourth-order valence-electron chi connectivity index (χ4n) is 2.90. The van der Waals surface area contributed by atoms with E-state index in [4.69, 9.17) is 11.6 Å². The van der Waals surface area contributed by atoms with Crippen molar-refractivity contribution in [2.24, 2.45) is 0 Å². The van der Waals surface area contributed by atoms with Crippen LogP contribution in [-0.2, 0) is 11.3 Å². The van der Waals surface area contributed by atoms with Crippen molar-refractivity contribution in [1.29, 1.82) is 0 Å². The van der Waals surface area contributed by atoms with Crippen molar-refractivity contribution in [1.82, 2.24) is 14.2 Å². The smallest absolute Gasteiger partial charge is 0.277 e. The van der Waals surface area contributed by atoms with Crippen molar-refractivity contribution in [3.05, 3.63) is 87.9 Å². The lowest BCUT2D eigenvalue weighted by atomic mass is 10.1. The third-order valence-electron chi connectivity index (χ3n) is 4.39. The summed E-state index contributed by atoms with van der Waals surface area (Å²) in [5.41, 5.74) is 3.55. The Labute approximate surface area is 166 Å². The topological polar surface area (TPSA) is 68.4 Å². The van der Waals surface area contributed by atoms with Gasteiger partial charge in [0.1, 0.15) is 12.1 Å². The van der Waals surface area contributed by atoms with Crippen LogP contribution in [0.1, 0.15) is 5.56 Å². The maximum Gasteiger partial charge on any atom is 0.277 e. The number of anilines is 1. The van der Waals surface area contributed by atoms with Crippen molar-refractivity contribution in [3.63, 3.8) is 0 Å². The monoisotopic (exact) mass is 392 g/mol. The van der Waals surface area contributed by atoms with Gasteiger partial charge in [0.15, 0.2) is 0 Å². The van der Waals surface area contributed by atoms with Crippen LogP contribution in [0.4, 0.5) is 5.69 Å². The number of hydrogen-bond acceptors (Lipinski definition) is 3. The Hall–Kier alpha value is -3.38. The first kappa shape index (κ1) is 18.0. The number of aryl methyl sites for hydroxylation is 1. The molecule has 0 fully saturated rings. The third-order valence-corrected chi connectivity index (χ3v) is 4.64. The van der Waals surface area contributed by atoms with E-state index < -0.39 is 0 Å². The molecule has 4 aromatic rings. The van der Waals surface area contributed by atoms with Gasteiger partial charge < -0.3 is 9.88 Å². The van der Waals surface area contributed by atoms with E-state index in [-0.39, 0.29) is 18.0 Å². The molecule has 0 saturated carbocycles. The molecule has 1 amide bonds. The minimum absolute atomic E-state index is 0.0942. The summed E-state index contributed by atoms with van der Waals surface area (Å²) in [6, 6.07) is 16.5. The molecule has 0 bridgehead atoms. The Bertz CT molecular complexity index is 1210. The van der Waals surface area contributed by atoms with Gasteiger partial charge >= 0.3 is 0 Å². The SMILES string of the molecule is Cc1ccc(-c2cc3c(=O)n(CC(=O)Nc4ccc(Cl)cc4)ccn3n2)cc1. The zero-order valence-electron chi connectivity index (χ0n) is 15.1. The number of benzene rings is 2. The zero-order chi connectivity index (χ0) is 19.7. The third kappa shape index (κ3) is 3.68. The van der Waals surface area contributed by atoms with Crippen LogP contribution >= 0.6 is 11.6 Å². The molecule has 6 nitrogen and oxygen atoms in total. The van der Waals surface area contributed by atoms with Crippen LogP contribution in [0.15, 0.2) is 71.8 Å². The molecule has 1 N–H and O–H groups in total. The molecule has 2 aromatic carbocycles. The van der Waals surface area contributed by atoms with E-state index >= 15 is 0 Å². The van der Waals surface area contributed by atoms with Crippen LogP contribution in [0.25, 0.3) is 16.8 Å². The first-order valence-corrected chi connectivity index (χ1v) is 9.09. The largest absolute Gasteiger partial charge is 0.325 e. The summed E-state index contributed by atoms with van der Waals surface area (Å²) in [6.07, 6.45) is 3.23. The average Bonchev–Trinajstić information content (AvgIpc) is 3.12. The van der Waals surface area contributed by atoms with Gasteiger partial charge in [-0.1, -0.05) is 41.4 Å². The van der Waals surface area contributed by atoms with Gasteiger partial charge in [-0.15, -0.1) is 0 Å². The maximum atomic E-state index is 12.8. The van der Waals surface area contributed by atoms with Gasteiger partial charge in [-0.3, -0.25) is 9.59 Å². The number of fused-ring (bicyclic) bond motifs is 1. The van der Waals surface area contributed by atoms with E-state index in [1.165, 1.54) is 9.08 Å². The first-order valence-electron chi connectivity index (χ1n) is 8.71. The summed E-state index contributed by atoms with van der Waals surface area (Å²) < 4.78 is 2.90. The minimum atomic E-state index is -0.299. The van der Waals surface area contributed by atoms with Gasteiger partial charge in [0.2, 0.25) is 5.91 Å². The molecule has 0 saturated heterocycles. The molecule has 0 aliphatic rings. The molecular formula is C21H17ClN4O2. The predicted octanol–water partition coefficient (Wildman–Crippen LogP) is 3.76. The van der Waals surface area contributed by atoms with Gasteiger partial charge in [-0.2, -0.15) is 5.10 Å². The highest BCUT2D eigenvalue weighted by molar-refractivity contribution is 6.30. The molecular weight excluding hydrogens is 376 g/mol. The molecule has 2 heterocycles. The molecule has 0 spiro atoms. The summed E-state index contributed by atoms with van der Waals surface area (Å²) in [5.74, 6) is -0.299. The fraction of sp³-hybridized carbons (Fsp3) is 0.0952. The highest BCUT2D eigenvalue weighted by atomic mass is 35.5. The second-order valence-corrected chi connectivity index (χ2v) is 6.95. The number of nitrogens with one attached hydrogen (secondary N) is 1. The summed E-state index contributed by atoms with van der Waals surface area (Å²) in [6.45, 7) is 1.92. The Kier molecular flexibility index (Phi) is 4.71. The van der Waals surface area contributed by atoms with E-state index in [0.29, 0.717) is 21.9 Å². The van der Waals surface area contributed by atoms with Crippen LogP contribution in [0.2, 0.25) is 5.02 Å². The van der Waals surface area contributed by atoms with Gasteiger partial charge in [-0.05, 0) is 37.3 Å². The highest BCUT2D eigenvalue weighted by Crippen LogP contribution is 2.19. The molecule has 0 aliphatic heterocycles. The van der Waals surface area contributed by atoms with Crippen molar-refractivity contribution < 1.29 is 4.79 Å². The number of carbonyl (C=O) groups excluding carboxylic acids is 1. The van der Waals surface area contributed by atoms with Crippen LogP contribution in [0, 0.1) is 6.92 Å². The van der Waals surface area contributed by atoms with Crippen molar-refractivity contribution in [2.75, 3.05) is 5.32 Å². The second-order valence-electron chi connectivity index (χ2n) is 6.51. The minimum Gasteiger partial charge on any atom is -0.325 e. The second kappa shape index (κ2) is 7.32. The molecule has 0 unspecified atom stereocenters. The number of aromatic nitrogens is 3. The lowest BCUT2D eigenvalue weighted by molar-refractivity contribution is -0.116. The normalized spacial score (nSPS) is 10.9. The maximum absolute atomic E-state index is 12.8. The molecule has 140 valence electrons. The van der Waals surface area contributed by atoms with Gasteiger partial charge in [0.25, 0.3) is 5.56 Å². The molecule has 0 atom stereocenters. The van der Waals surface area contributed by atoms with Crippen molar-refractivity contribution in [2.45, 2.75) is 13.5 Å². The number of nitrogens with zero attached hydrogens (tertiary/aromatic N) is 3. The summed E-state index contributed by atoms with van der Waals surface area (Å²) in [7, 11) is 0. The lowest BCUT2D eigenvalue weighted by Gasteiger charge is -2.07. The highest BCUT2D eigenvalue weighted by Gasteiger charge is 2.11. The van der Waals surface area contributed by atoms with Gasteiger partial charge in [0.05, 0.1) is 5.69 Å². The van der Waals surface area contributed by atoms with E-state index in [1.54, 1.807) is 42.7 Å². The number of rotatable bonds is 4.